The summed E-state index contributed by atoms with van der Waals surface area (Å²) in [5, 5.41) is 16.9. The zero-order valence-corrected chi connectivity index (χ0v) is 20.8. The molecule has 2 fully saturated rings. The SMILES string of the molecule is O=C1NC(O)CCC1N1C(=O)C=C(Nc2cccc([C@@H]3C[C@H]3C(=O)Nc3ccc(C(F)(F)F)c(Cl)c3)c2)C1=O. The van der Waals surface area contributed by atoms with Gasteiger partial charge in [0, 0.05) is 23.4 Å². The van der Waals surface area contributed by atoms with Crippen LogP contribution in [0.15, 0.2) is 54.2 Å². The maximum atomic E-state index is 12.9. The van der Waals surface area contributed by atoms with Gasteiger partial charge in [0.1, 0.15) is 18.0 Å². The maximum Gasteiger partial charge on any atom is 0.417 e. The number of benzene rings is 2. The van der Waals surface area contributed by atoms with E-state index in [9.17, 15) is 37.5 Å². The van der Waals surface area contributed by atoms with E-state index in [1.807, 2.05) is 0 Å². The van der Waals surface area contributed by atoms with E-state index in [0.717, 1.165) is 34.7 Å². The Balaban J connectivity index is 1.21. The number of piperidine rings is 1. The number of carbonyl (C=O) groups is 4. The fraction of sp³-hybridized carbons (Fsp3) is 0.308. The fourth-order valence-electron chi connectivity index (χ4n) is 4.81. The molecule has 4 amide bonds. The van der Waals surface area contributed by atoms with E-state index in [-0.39, 0.29) is 36.1 Å². The number of aliphatic hydroxyl groups excluding tert-OH is 1. The molecule has 0 aromatic heterocycles. The van der Waals surface area contributed by atoms with Gasteiger partial charge in [-0.15, -0.1) is 0 Å². The first-order valence-corrected chi connectivity index (χ1v) is 12.4. The average Bonchev–Trinajstić information content (AvgIpc) is 3.61. The molecule has 5 rings (SSSR count). The second-order valence-corrected chi connectivity index (χ2v) is 9.98. The van der Waals surface area contributed by atoms with E-state index in [1.54, 1.807) is 24.3 Å². The minimum absolute atomic E-state index is 0.0136. The first-order chi connectivity index (χ1) is 18.4. The van der Waals surface area contributed by atoms with Crippen LogP contribution >= 0.6 is 11.6 Å². The van der Waals surface area contributed by atoms with Crippen molar-refractivity contribution in [2.75, 3.05) is 10.6 Å². The van der Waals surface area contributed by atoms with Crippen molar-refractivity contribution < 1.29 is 37.5 Å². The van der Waals surface area contributed by atoms with Gasteiger partial charge in [-0.25, -0.2) is 0 Å². The average molecular weight is 563 g/mol. The number of hydrogen-bond donors (Lipinski definition) is 4. The van der Waals surface area contributed by atoms with Crippen LogP contribution in [0.2, 0.25) is 5.02 Å². The summed E-state index contributed by atoms with van der Waals surface area (Å²) in [6.07, 6.45) is -3.64. The summed E-state index contributed by atoms with van der Waals surface area (Å²) in [7, 11) is 0. The first-order valence-electron chi connectivity index (χ1n) is 12.0. The number of nitrogens with one attached hydrogen (secondary N) is 3. The van der Waals surface area contributed by atoms with E-state index < -0.39 is 52.7 Å². The maximum absolute atomic E-state index is 12.9. The van der Waals surface area contributed by atoms with Crippen LogP contribution in [-0.2, 0) is 25.4 Å². The minimum Gasteiger partial charge on any atom is -0.374 e. The van der Waals surface area contributed by atoms with Gasteiger partial charge in [0.2, 0.25) is 11.8 Å². The van der Waals surface area contributed by atoms with Gasteiger partial charge in [0.15, 0.2) is 0 Å². The summed E-state index contributed by atoms with van der Waals surface area (Å²) < 4.78 is 38.7. The third-order valence-corrected chi connectivity index (χ3v) is 7.17. The molecule has 204 valence electrons. The molecule has 3 aliphatic rings. The van der Waals surface area contributed by atoms with Crippen molar-refractivity contribution in [1.82, 2.24) is 10.2 Å². The van der Waals surface area contributed by atoms with Crippen LogP contribution < -0.4 is 16.0 Å². The smallest absolute Gasteiger partial charge is 0.374 e. The van der Waals surface area contributed by atoms with Crippen molar-refractivity contribution in [3.8, 4) is 0 Å². The van der Waals surface area contributed by atoms with Gasteiger partial charge in [0.25, 0.3) is 11.8 Å². The topological polar surface area (TPSA) is 128 Å². The number of carbonyl (C=O) groups excluding carboxylic acids is 4. The van der Waals surface area contributed by atoms with Gasteiger partial charge in [-0.1, -0.05) is 23.7 Å². The molecule has 2 unspecified atom stereocenters. The molecule has 9 nitrogen and oxygen atoms in total. The van der Waals surface area contributed by atoms with E-state index in [2.05, 4.69) is 16.0 Å². The molecule has 2 aromatic carbocycles. The zero-order valence-electron chi connectivity index (χ0n) is 20.1. The van der Waals surface area contributed by atoms with Crippen LogP contribution in [0.3, 0.4) is 0 Å². The number of anilines is 2. The highest BCUT2D eigenvalue weighted by molar-refractivity contribution is 6.31. The number of alkyl halides is 3. The summed E-state index contributed by atoms with van der Waals surface area (Å²) in [6, 6.07) is 8.93. The van der Waals surface area contributed by atoms with Crippen LogP contribution in [0, 0.1) is 5.92 Å². The lowest BCUT2D eigenvalue weighted by molar-refractivity contribution is -0.149. The molecule has 13 heteroatoms. The van der Waals surface area contributed by atoms with Crippen molar-refractivity contribution in [2.24, 2.45) is 5.92 Å². The Morgan fingerprint density at radius 2 is 1.85 bits per heavy atom. The number of rotatable bonds is 6. The van der Waals surface area contributed by atoms with Gasteiger partial charge in [0.05, 0.1) is 10.6 Å². The quantitative estimate of drug-likeness (QED) is 0.400. The van der Waals surface area contributed by atoms with Crippen molar-refractivity contribution in [3.05, 3.63) is 70.4 Å². The van der Waals surface area contributed by atoms with Crippen molar-refractivity contribution in [2.45, 2.75) is 43.6 Å². The van der Waals surface area contributed by atoms with Gasteiger partial charge in [-0.3, -0.25) is 24.1 Å². The first kappa shape index (κ1) is 26.7. The molecule has 2 heterocycles. The molecule has 0 spiro atoms. The lowest BCUT2D eigenvalue weighted by Gasteiger charge is -2.31. The largest absolute Gasteiger partial charge is 0.417 e. The van der Waals surface area contributed by atoms with Crippen molar-refractivity contribution in [1.29, 1.82) is 0 Å². The monoisotopic (exact) mass is 562 g/mol. The molecule has 2 aromatic rings. The Labute approximate surface area is 225 Å². The normalized spacial score (nSPS) is 24.8. The second kappa shape index (κ2) is 10.0. The van der Waals surface area contributed by atoms with Gasteiger partial charge < -0.3 is 21.1 Å². The molecule has 1 saturated carbocycles. The molecular weight excluding hydrogens is 541 g/mol. The highest BCUT2D eigenvalue weighted by Crippen LogP contribution is 2.48. The summed E-state index contributed by atoms with van der Waals surface area (Å²) >= 11 is 5.73. The molecule has 4 atom stereocenters. The fourth-order valence-corrected chi connectivity index (χ4v) is 5.10. The molecule has 4 N–H and O–H groups in total. The Morgan fingerprint density at radius 1 is 1.08 bits per heavy atom. The summed E-state index contributed by atoms with van der Waals surface area (Å²) in [6.45, 7) is 0. The predicted molar refractivity (Wildman–Crippen MR) is 133 cm³/mol. The highest BCUT2D eigenvalue weighted by Gasteiger charge is 2.45. The number of halogens is 4. The number of hydrogen-bond acceptors (Lipinski definition) is 6. The summed E-state index contributed by atoms with van der Waals surface area (Å²) in [5.74, 6) is -2.84. The molecule has 1 saturated heterocycles. The van der Waals surface area contributed by atoms with Crippen LogP contribution in [0.1, 0.15) is 36.3 Å². The molecular formula is C26H22ClF3N4O5. The molecule has 39 heavy (non-hydrogen) atoms. The predicted octanol–water partition coefficient (Wildman–Crippen LogP) is 3.36. The molecule has 0 bridgehead atoms. The van der Waals surface area contributed by atoms with Crippen molar-refractivity contribution >= 4 is 46.6 Å². The van der Waals surface area contributed by atoms with E-state index in [0.29, 0.717) is 12.1 Å². The van der Waals surface area contributed by atoms with E-state index in [4.69, 9.17) is 11.6 Å². The number of aliphatic hydroxyl groups is 1. The van der Waals surface area contributed by atoms with Crippen molar-refractivity contribution in [3.63, 3.8) is 0 Å². The minimum atomic E-state index is -4.60. The molecule has 0 radical (unpaired) electrons. The third kappa shape index (κ3) is 5.48. The lowest BCUT2D eigenvalue weighted by atomic mass is 10.0. The summed E-state index contributed by atoms with van der Waals surface area (Å²) in [4.78, 5) is 51.1. The second-order valence-electron chi connectivity index (χ2n) is 9.57. The summed E-state index contributed by atoms with van der Waals surface area (Å²) in [5.41, 5.74) is 0.435. The number of nitrogens with zero attached hydrogens (tertiary/aromatic N) is 1. The molecule has 2 aliphatic heterocycles. The van der Waals surface area contributed by atoms with E-state index in [1.165, 1.54) is 0 Å². The lowest BCUT2D eigenvalue weighted by Crippen LogP contribution is -2.56. The van der Waals surface area contributed by atoms with Crippen LogP contribution in [-0.4, -0.2) is 45.9 Å². The van der Waals surface area contributed by atoms with Gasteiger partial charge in [-0.2, -0.15) is 13.2 Å². The van der Waals surface area contributed by atoms with E-state index >= 15 is 0 Å². The Bertz CT molecular complexity index is 1410. The Morgan fingerprint density at radius 3 is 2.54 bits per heavy atom. The van der Waals surface area contributed by atoms with Gasteiger partial charge >= 0.3 is 6.18 Å². The van der Waals surface area contributed by atoms with Crippen LogP contribution in [0.25, 0.3) is 0 Å². The highest BCUT2D eigenvalue weighted by atomic mass is 35.5. The van der Waals surface area contributed by atoms with Gasteiger partial charge in [-0.05, 0) is 61.1 Å². The van der Waals surface area contributed by atoms with Crippen LogP contribution in [0.5, 0.6) is 0 Å². The molecule has 1 aliphatic carbocycles. The number of amides is 4. The number of imide groups is 1. The third-order valence-electron chi connectivity index (χ3n) is 6.85. The van der Waals surface area contributed by atoms with Crippen LogP contribution in [0.4, 0.5) is 24.5 Å². The Kier molecular flexibility index (Phi) is 6.85. The standard InChI is InChI=1S/C26H22ClF3N4O5/c27-18-9-14(4-5-17(18)26(28,29)30)32-23(37)16-10-15(16)12-2-1-3-13(8-12)31-19-11-22(36)34(25(19)39)20-6-7-21(35)33-24(20)38/h1-5,8-9,11,15-16,20-21,31,35H,6-7,10H2,(H,32,37)(H,33,38)/t15-,16+,20?,21?/m0/s1. The Hall–Kier alpha value is -3.90. The zero-order chi connectivity index (χ0) is 28.1.